The first-order chi connectivity index (χ1) is 9.51. The average Bonchev–Trinajstić information content (AvgIpc) is 2.28. The number of carbonyl (C=O) groups is 1. The largest absolute Gasteiger partial charge is 0.444 e. The third-order valence-corrected chi connectivity index (χ3v) is 2.38. The smallest absolute Gasteiger partial charge is 0.416 e. The van der Waals surface area contributed by atoms with Gasteiger partial charge >= 0.3 is 12.3 Å². The standard InChI is InChI=1S/C13H24F3NO4/c1-5-6-7-20-10(13(14,15)16)9(8-18)17-11(19)21-12(2,3)4/h9-10,18H,5-8H2,1-4H3,(H,17,19)/t9-,10-/m0/s1. The second-order valence-corrected chi connectivity index (χ2v) is 5.62. The second-order valence-electron chi connectivity index (χ2n) is 5.62. The Morgan fingerprint density at radius 1 is 1.29 bits per heavy atom. The molecule has 0 aromatic carbocycles. The van der Waals surface area contributed by atoms with Crippen molar-refractivity contribution >= 4 is 6.09 Å². The minimum absolute atomic E-state index is 0.104. The van der Waals surface area contributed by atoms with Gasteiger partial charge in [-0.15, -0.1) is 0 Å². The summed E-state index contributed by atoms with van der Waals surface area (Å²) in [6, 6.07) is -1.61. The van der Waals surface area contributed by atoms with Crippen molar-refractivity contribution in [2.75, 3.05) is 13.2 Å². The number of ether oxygens (including phenoxy) is 2. The maximum atomic E-state index is 12.9. The number of alkyl halides is 3. The molecule has 0 bridgehead atoms. The lowest BCUT2D eigenvalue weighted by Gasteiger charge is -2.29. The van der Waals surface area contributed by atoms with Gasteiger partial charge in [-0.1, -0.05) is 13.3 Å². The molecule has 0 rings (SSSR count). The van der Waals surface area contributed by atoms with Crippen LogP contribution in [-0.4, -0.2) is 48.3 Å². The van der Waals surface area contributed by atoms with Crippen LogP contribution in [-0.2, 0) is 9.47 Å². The van der Waals surface area contributed by atoms with E-state index in [-0.39, 0.29) is 6.61 Å². The number of amides is 1. The summed E-state index contributed by atoms with van der Waals surface area (Å²) < 4.78 is 48.5. The molecule has 126 valence electrons. The zero-order chi connectivity index (χ0) is 16.7. The molecule has 5 nitrogen and oxygen atoms in total. The first kappa shape index (κ1) is 20.0. The molecule has 2 atom stereocenters. The predicted molar refractivity (Wildman–Crippen MR) is 70.9 cm³/mol. The number of hydrogen-bond donors (Lipinski definition) is 2. The molecule has 0 saturated heterocycles. The number of nitrogens with one attached hydrogen (secondary N) is 1. The minimum Gasteiger partial charge on any atom is -0.444 e. The van der Waals surface area contributed by atoms with E-state index in [4.69, 9.17) is 14.6 Å². The van der Waals surface area contributed by atoms with Crippen LogP contribution in [0.25, 0.3) is 0 Å². The molecule has 0 radical (unpaired) electrons. The van der Waals surface area contributed by atoms with Gasteiger partial charge in [-0.2, -0.15) is 13.2 Å². The Labute approximate surface area is 122 Å². The van der Waals surface area contributed by atoms with Crippen LogP contribution in [0.4, 0.5) is 18.0 Å². The van der Waals surface area contributed by atoms with E-state index < -0.39 is 36.6 Å². The highest BCUT2D eigenvalue weighted by molar-refractivity contribution is 5.68. The van der Waals surface area contributed by atoms with E-state index in [9.17, 15) is 18.0 Å². The molecule has 0 fully saturated rings. The number of halogens is 3. The van der Waals surface area contributed by atoms with Crippen molar-refractivity contribution < 1.29 is 32.5 Å². The van der Waals surface area contributed by atoms with Gasteiger partial charge in [-0.3, -0.25) is 0 Å². The molecule has 0 saturated carbocycles. The molecule has 8 heteroatoms. The van der Waals surface area contributed by atoms with E-state index in [1.165, 1.54) is 0 Å². The van der Waals surface area contributed by atoms with Crippen molar-refractivity contribution in [2.45, 2.75) is 64.5 Å². The van der Waals surface area contributed by atoms with E-state index in [1.807, 2.05) is 12.2 Å². The van der Waals surface area contributed by atoms with Crippen LogP contribution in [0.1, 0.15) is 40.5 Å². The Morgan fingerprint density at radius 2 is 1.86 bits per heavy atom. The van der Waals surface area contributed by atoms with Crippen LogP contribution in [0.3, 0.4) is 0 Å². The fourth-order valence-corrected chi connectivity index (χ4v) is 1.47. The molecule has 0 aliphatic rings. The molecule has 0 spiro atoms. The SMILES string of the molecule is CCCCO[C@@H]([C@H](CO)NC(=O)OC(C)(C)C)C(F)(F)F. The van der Waals surface area contributed by atoms with Gasteiger partial charge in [-0.05, 0) is 27.2 Å². The van der Waals surface area contributed by atoms with E-state index >= 15 is 0 Å². The van der Waals surface area contributed by atoms with Crippen molar-refractivity contribution in [3.05, 3.63) is 0 Å². The van der Waals surface area contributed by atoms with Crippen molar-refractivity contribution in [1.29, 1.82) is 0 Å². The Morgan fingerprint density at radius 3 is 2.24 bits per heavy atom. The Balaban J connectivity index is 4.77. The molecule has 0 aromatic rings. The van der Waals surface area contributed by atoms with Crippen LogP contribution < -0.4 is 5.32 Å². The second kappa shape index (κ2) is 8.43. The molecule has 21 heavy (non-hydrogen) atoms. The quantitative estimate of drug-likeness (QED) is 0.709. The van der Waals surface area contributed by atoms with Crippen molar-refractivity contribution in [3.8, 4) is 0 Å². The van der Waals surface area contributed by atoms with Crippen LogP contribution >= 0.6 is 0 Å². The average molecular weight is 315 g/mol. The summed E-state index contributed by atoms with van der Waals surface area (Å²) in [4.78, 5) is 11.5. The topological polar surface area (TPSA) is 67.8 Å². The van der Waals surface area contributed by atoms with E-state index in [1.54, 1.807) is 20.8 Å². The highest BCUT2D eigenvalue weighted by atomic mass is 19.4. The summed E-state index contributed by atoms with van der Waals surface area (Å²) in [5, 5.41) is 11.1. The number of carbonyl (C=O) groups excluding carboxylic acids is 1. The molecule has 2 N–H and O–H groups in total. The summed E-state index contributed by atoms with van der Waals surface area (Å²) in [5.41, 5.74) is -0.846. The third-order valence-electron chi connectivity index (χ3n) is 2.38. The van der Waals surface area contributed by atoms with Gasteiger partial charge in [0, 0.05) is 6.61 Å². The highest BCUT2D eigenvalue weighted by Gasteiger charge is 2.46. The summed E-state index contributed by atoms with van der Waals surface area (Å²) in [5.74, 6) is 0. The molecule has 0 aromatic heterocycles. The maximum absolute atomic E-state index is 12.9. The van der Waals surface area contributed by atoms with E-state index in [2.05, 4.69) is 0 Å². The molecule has 0 aliphatic carbocycles. The van der Waals surface area contributed by atoms with Gasteiger partial charge in [0.25, 0.3) is 0 Å². The van der Waals surface area contributed by atoms with Gasteiger partial charge < -0.3 is 19.9 Å². The van der Waals surface area contributed by atoms with Crippen molar-refractivity contribution in [3.63, 3.8) is 0 Å². The van der Waals surface area contributed by atoms with Gasteiger partial charge in [0.2, 0.25) is 0 Å². The first-order valence-corrected chi connectivity index (χ1v) is 6.80. The van der Waals surface area contributed by atoms with Crippen LogP contribution in [0.5, 0.6) is 0 Å². The zero-order valence-corrected chi connectivity index (χ0v) is 12.8. The fourth-order valence-electron chi connectivity index (χ4n) is 1.47. The number of aliphatic hydroxyl groups excluding tert-OH is 1. The maximum Gasteiger partial charge on any atom is 0.416 e. The van der Waals surface area contributed by atoms with Crippen LogP contribution in [0.15, 0.2) is 0 Å². The Kier molecular flexibility index (Phi) is 8.02. The lowest BCUT2D eigenvalue weighted by molar-refractivity contribution is -0.231. The fraction of sp³-hybridized carbons (Fsp3) is 0.923. The monoisotopic (exact) mass is 315 g/mol. The summed E-state index contributed by atoms with van der Waals surface area (Å²) in [6.45, 7) is 5.55. The zero-order valence-electron chi connectivity index (χ0n) is 12.8. The highest BCUT2D eigenvalue weighted by Crippen LogP contribution is 2.26. The molecule has 0 heterocycles. The molecule has 1 amide bonds. The van der Waals surface area contributed by atoms with Crippen LogP contribution in [0, 0.1) is 0 Å². The Hall–Kier alpha value is -1.02. The molecule has 0 unspecified atom stereocenters. The normalized spacial score (nSPS) is 15.4. The lowest BCUT2D eigenvalue weighted by Crippen LogP contribution is -2.54. The number of unbranched alkanes of at least 4 members (excludes halogenated alkanes) is 1. The molecular weight excluding hydrogens is 291 g/mol. The third kappa shape index (κ3) is 8.77. The van der Waals surface area contributed by atoms with E-state index in [0.717, 1.165) is 0 Å². The first-order valence-electron chi connectivity index (χ1n) is 6.80. The minimum atomic E-state index is -4.70. The van der Waals surface area contributed by atoms with Crippen molar-refractivity contribution in [1.82, 2.24) is 5.32 Å². The van der Waals surface area contributed by atoms with Crippen molar-refractivity contribution in [2.24, 2.45) is 0 Å². The summed E-state index contributed by atoms with van der Waals surface area (Å²) in [6.07, 6.45) is -6.88. The summed E-state index contributed by atoms with van der Waals surface area (Å²) >= 11 is 0. The molecular formula is C13H24F3NO4. The van der Waals surface area contributed by atoms with Gasteiger partial charge in [0.05, 0.1) is 12.6 Å². The number of rotatable bonds is 7. The van der Waals surface area contributed by atoms with Gasteiger partial charge in [-0.25, -0.2) is 4.79 Å². The number of hydrogen-bond acceptors (Lipinski definition) is 4. The number of alkyl carbamates (subject to hydrolysis) is 1. The predicted octanol–water partition coefficient (Wildman–Crippen LogP) is 2.62. The lowest BCUT2D eigenvalue weighted by atomic mass is 10.1. The molecule has 0 aliphatic heterocycles. The summed E-state index contributed by atoms with van der Waals surface area (Å²) in [7, 11) is 0. The van der Waals surface area contributed by atoms with Gasteiger partial charge in [0.1, 0.15) is 5.60 Å². The Bertz CT molecular complexity index is 316. The van der Waals surface area contributed by atoms with Gasteiger partial charge in [0.15, 0.2) is 6.10 Å². The van der Waals surface area contributed by atoms with E-state index in [0.29, 0.717) is 12.8 Å². The van der Waals surface area contributed by atoms with Crippen LogP contribution in [0.2, 0.25) is 0 Å². The number of aliphatic hydroxyl groups is 1.